The number of aromatic nitrogens is 2. The van der Waals surface area contributed by atoms with Crippen molar-refractivity contribution in [2.24, 2.45) is 11.7 Å². The highest BCUT2D eigenvalue weighted by molar-refractivity contribution is 7.09. The molecule has 70 valence electrons. The summed E-state index contributed by atoms with van der Waals surface area (Å²) in [5, 5.41) is 1.05. The van der Waals surface area contributed by atoms with E-state index in [2.05, 4.69) is 14.3 Å². The number of nitrogens with two attached hydrogens (primary N) is 1. The maximum atomic E-state index is 5.98. The summed E-state index contributed by atoms with van der Waals surface area (Å²) in [7, 11) is 0. The van der Waals surface area contributed by atoms with Crippen molar-refractivity contribution in [3.05, 3.63) is 5.82 Å². The highest BCUT2D eigenvalue weighted by Gasteiger charge is 2.50. The number of rotatable bonds is 1. The van der Waals surface area contributed by atoms with E-state index in [1.54, 1.807) is 0 Å². The first kappa shape index (κ1) is 7.70. The average Bonchev–Trinajstić information content (AvgIpc) is 2.74. The molecule has 1 aliphatic carbocycles. The average molecular weight is 196 g/mol. The van der Waals surface area contributed by atoms with Gasteiger partial charge in [-0.1, -0.05) is 0 Å². The molecule has 4 nitrogen and oxygen atoms in total. The van der Waals surface area contributed by atoms with Gasteiger partial charge in [-0.15, -0.1) is 0 Å². The third-order valence-corrected chi connectivity index (χ3v) is 3.97. The number of aryl methyl sites for hydroxylation is 1. The molecule has 3 heterocycles. The lowest BCUT2D eigenvalue weighted by Crippen LogP contribution is -2.49. The van der Waals surface area contributed by atoms with E-state index in [9.17, 15) is 0 Å². The van der Waals surface area contributed by atoms with Gasteiger partial charge in [0, 0.05) is 30.2 Å². The van der Waals surface area contributed by atoms with E-state index < -0.39 is 0 Å². The zero-order valence-corrected chi connectivity index (χ0v) is 8.29. The van der Waals surface area contributed by atoms with Crippen molar-refractivity contribution in [3.8, 4) is 0 Å². The maximum absolute atomic E-state index is 5.98. The lowest BCUT2D eigenvalue weighted by Gasteiger charge is -2.32. The van der Waals surface area contributed by atoms with Crippen molar-refractivity contribution in [3.63, 3.8) is 0 Å². The summed E-state index contributed by atoms with van der Waals surface area (Å²) in [5.41, 5.74) is 5.98. The second kappa shape index (κ2) is 2.42. The largest absolute Gasteiger partial charge is 0.342 e. The normalized spacial score (nSPS) is 36.5. The second-order valence-electron chi connectivity index (χ2n) is 3.92. The molecule has 0 aromatic carbocycles. The van der Waals surface area contributed by atoms with Crippen LogP contribution in [-0.2, 0) is 0 Å². The SMILES string of the molecule is Cc1nsc(N2CC3CC2C3N)n1. The van der Waals surface area contributed by atoms with Gasteiger partial charge >= 0.3 is 0 Å². The highest BCUT2D eigenvalue weighted by Crippen LogP contribution is 2.42. The Morgan fingerprint density at radius 1 is 1.62 bits per heavy atom. The van der Waals surface area contributed by atoms with Gasteiger partial charge in [0.2, 0.25) is 5.13 Å². The van der Waals surface area contributed by atoms with Crippen molar-refractivity contribution < 1.29 is 0 Å². The number of fused-ring (bicyclic) bond motifs is 1. The summed E-state index contributed by atoms with van der Waals surface area (Å²) in [5.74, 6) is 1.58. The van der Waals surface area contributed by atoms with Gasteiger partial charge in [0.15, 0.2) is 0 Å². The standard InChI is InChI=1S/C8H12N4S/c1-4-10-8(13-11-4)12-3-5-2-6(12)7(5)9/h5-7H,2-3,9H2,1H3. The van der Waals surface area contributed by atoms with Crippen LogP contribution in [-0.4, -0.2) is 28.0 Å². The molecule has 3 aliphatic rings. The maximum Gasteiger partial charge on any atom is 0.205 e. The Labute approximate surface area is 80.9 Å². The molecule has 2 bridgehead atoms. The minimum Gasteiger partial charge on any atom is -0.342 e. The van der Waals surface area contributed by atoms with Gasteiger partial charge in [-0.25, -0.2) is 4.98 Å². The molecule has 4 rings (SSSR count). The summed E-state index contributed by atoms with van der Waals surface area (Å²) in [6, 6.07) is 0.918. The summed E-state index contributed by atoms with van der Waals surface area (Å²) >= 11 is 1.49. The third-order valence-electron chi connectivity index (χ3n) is 3.13. The summed E-state index contributed by atoms with van der Waals surface area (Å²) < 4.78 is 4.19. The van der Waals surface area contributed by atoms with E-state index in [1.165, 1.54) is 18.0 Å². The summed E-state index contributed by atoms with van der Waals surface area (Å²) in [6.45, 7) is 3.01. The van der Waals surface area contributed by atoms with Gasteiger partial charge < -0.3 is 10.6 Å². The minimum absolute atomic E-state index is 0.379. The van der Waals surface area contributed by atoms with E-state index >= 15 is 0 Å². The summed E-state index contributed by atoms with van der Waals surface area (Å²) in [4.78, 5) is 6.70. The van der Waals surface area contributed by atoms with Crippen LogP contribution in [0.15, 0.2) is 0 Å². The van der Waals surface area contributed by atoms with Crippen molar-refractivity contribution >= 4 is 16.7 Å². The van der Waals surface area contributed by atoms with Crippen LogP contribution in [0.3, 0.4) is 0 Å². The Morgan fingerprint density at radius 3 is 2.92 bits per heavy atom. The molecule has 3 atom stereocenters. The zero-order valence-electron chi connectivity index (χ0n) is 7.47. The molecule has 1 aromatic heterocycles. The van der Waals surface area contributed by atoms with E-state index in [0.717, 1.165) is 17.5 Å². The Hall–Kier alpha value is -0.680. The molecular weight excluding hydrogens is 184 g/mol. The summed E-state index contributed by atoms with van der Waals surface area (Å²) in [6.07, 6.45) is 1.25. The van der Waals surface area contributed by atoms with Crippen molar-refractivity contribution in [1.82, 2.24) is 9.36 Å². The van der Waals surface area contributed by atoms with E-state index in [0.29, 0.717) is 18.0 Å². The fraction of sp³-hybridized carbons (Fsp3) is 0.750. The van der Waals surface area contributed by atoms with Crippen molar-refractivity contribution in [1.29, 1.82) is 0 Å². The van der Waals surface area contributed by atoms with Gasteiger partial charge in [-0.3, -0.25) is 0 Å². The van der Waals surface area contributed by atoms with Crippen LogP contribution in [0, 0.1) is 12.8 Å². The highest BCUT2D eigenvalue weighted by atomic mass is 32.1. The van der Waals surface area contributed by atoms with Crippen LogP contribution in [0.2, 0.25) is 0 Å². The minimum atomic E-state index is 0.379. The monoisotopic (exact) mass is 196 g/mol. The van der Waals surface area contributed by atoms with Crippen LogP contribution in [0.1, 0.15) is 12.2 Å². The predicted molar refractivity (Wildman–Crippen MR) is 51.9 cm³/mol. The van der Waals surface area contributed by atoms with E-state index in [1.807, 2.05) is 6.92 Å². The van der Waals surface area contributed by atoms with Crippen molar-refractivity contribution in [2.75, 3.05) is 11.4 Å². The smallest absolute Gasteiger partial charge is 0.205 e. The molecule has 0 spiro atoms. The molecule has 2 saturated heterocycles. The molecule has 5 heteroatoms. The Bertz CT molecular complexity index is 337. The second-order valence-corrected chi connectivity index (χ2v) is 4.65. The van der Waals surface area contributed by atoms with Gasteiger partial charge in [0.1, 0.15) is 5.82 Å². The van der Waals surface area contributed by atoms with Crippen LogP contribution < -0.4 is 10.6 Å². The molecule has 2 aliphatic heterocycles. The van der Waals surface area contributed by atoms with Crippen molar-refractivity contribution in [2.45, 2.75) is 25.4 Å². The molecule has 13 heavy (non-hydrogen) atoms. The number of anilines is 1. The van der Waals surface area contributed by atoms with Gasteiger partial charge in [-0.05, 0) is 19.3 Å². The molecule has 3 unspecified atom stereocenters. The molecule has 0 radical (unpaired) electrons. The molecule has 2 N–H and O–H groups in total. The van der Waals surface area contributed by atoms with Gasteiger partial charge in [-0.2, -0.15) is 4.37 Å². The molecule has 3 fully saturated rings. The first-order valence-electron chi connectivity index (χ1n) is 4.58. The zero-order chi connectivity index (χ0) is 9.00. The van der Waals surface area contributed by atoms with E-state index in [-0.39, 0.29) is 0 Å². The molecular formula is C8H12N4S. The lowest BCUT2D eigenvalue weighted by atomic mass is 9.81. The fourth-order valence-electron chi connectivity index (χ4n) is 2.28. The first-order chi connectivity index (χ1) is 6.25. The Kier molecular flexibility index (Phi) is 1.43. The number of hydrogen-bond acceptors (Lipinski definition) is 5. The van der Waals surface area contributed by atoms with Crippen LogP contribution in [0.5, 0.6) is 0 Å². The first-order valence-corrected chi connectivity index (χ1v) is 5.35. The van der Waals surface area contributed by atoms with Gasteiger partial charge in [0.25, 0.3) is 0 Å². The molecule has 0 amide bonds. The van der Waals surface area contributed by atoms with E-state index in [4.69, 9.17) is 5.73 Å². The number of hydrogen-bond donors (Lipinski definition) is 1. The topological polar surface area (TPSA) is 55.0 Å². The quantitative estimate of drug-likeness (QED) is 0.705. The Balaban J connectivity index is 1.88. The number of nitrogens with zero attached hydrogens (tertiary/aromatic N) is 3. The molecule has 1 aromatic rings. The molecule has 1 saturated carbocycles. The van der Waals surface area contributed by atoms with Gasteiger partial charge in [0.05, 0.1) is 0 Å². The fourth-order valence-corrected chi connectivity index (χ4v) is 3.03. The predicted octanol–water partition coefficient (Wildman–Crippen LogP) is 0.382. The van der Waals surface area contributed by atoms with Crippen LogP contribution in [0.25, 0.3) is 0 Å². The van der Waals surface area contributed by atoms with Crippen LogP contribution in [0.4, 0.5) is 5.13 Å². The Morgan fingerprint density at radius 2 is 2.46 bits per heavy atom. The lowest BCUT2D eigenvalue weighted by molar-refractivity contribution is 0.311. The third kappa shape index (κ3) is 0.941. The van der Waals surface area contributed by atoms with Crippen LogP contribution >= 0.6 is 11.5 Å².